The normalized spacial score (nSPS) is 20.8. The highest BCUT2D eigenvalue weighted by Gasteiger charge is 2.23. The van der Waals surface area contributed by atoms with Crippen molar-refractivity contribution in [2.24, 2.45) is 0 Å². The van der Waals surface area contributed by atoms with Crippen LogP contribution in [0.1, 0.15) is 32.1 Å². The molecule has 2 atom stereocenters. The molecule has 1 amide bonds. The molecule has 0 radical (unpaired) electrons. The van der Waals surface area contributed by atoms with E-state index in [9.17, 15) is 9.90 Å². The van der Waals surface area contributed by atoms with E-state index in [1.54, 1.807) is 20.0 Å². The van der Waals surface area contributed by atoms with Gasteiger partial charge >= 0.3 is 0 Å². The van der Waals surface area contributed by atoms with E-state index in [0.717, 1.165) is 25.2 Å². The highest BCUT2D eigenvalue weighted by atomic mass is 16.3. The fraction of sp³-hybridized carbons (Fsp3) is 0.538. The average Bonchev–Trinajstić information content (AvgIpc) is 2.76. The Hall–Kier alpha value is -1.62. The molecule has 1 saturated heterocycles. The molecule has 1 aromatic heterocycles. The summed E-state index contributed by atoms with van der Waals surface area (Å²) in [6, 6.07) is 4.02. The van der Waals surface area contributed by atoms with Crippen LogP contribution in [0.25, 0.3) is 0 Å². The number of pyridine rings is 1. The van der Waals surface area contributed by atoms with E-state index in [-0.39, 0.29) is 11.9 Å². The van der Waals surface area contributed by atoms with E-state index in [4.69, 9.17) is 0 Å². The second kappa shape index (κ2) is 5.35. The summed E-state index contributed by atoms with van der Waals surface area (Å²) < 4.78 is 0. The average molecular weight is 249 g/mol. The Morgan fingerprint density at radius 2 is 2.39 bits per heavy atom. The number of hydrogen-bond donors (Lipinski definition) is 2. The third kappa shape index (κ3) is 2.98. The van der Waals surface area contributed by atoms with Crippen LogP contribution in [0.5, 0.6) is 0 Å². The maximum atomic E-state index is 11.0. The van der Waals surface area contributed by atoms with Gasteiger partial charge in [0.05, 0.1) is 23.7 Å². The molecule has 0 saturated carbocycles. The van der Waals surface area contributed by atoms with Gasteiger partial charge in [-0.15, -0.1) is 0 Å². The molecule has 1 aliphatic heterocycles. The van der Waals surface area contributed by atoms with Crippen molar-refractivity contribution in [1.82, 2.24) is 10.3 Å². The van der Waals surface area contributed by atoms with Crippen molar-refractivity contribution < 1.29 is 9.90 Å². The maximum absolute atomic E-state index is 11.0. The van der Waals surface area contributed by atoms with Crippen molar-refractivity contribution in [2.75, 3.05) is 18.0 Å². The minimum atomic E-state index is -0.537. The number of aromatic nitrogens is 1. The number of nitrogens with zero attached hydrogens (tertiary/aromatic N) is 2. The molecule has 1 fully saturated rings. The molecule has 18 heavy (non-hydrogen) atoms. The van der Waals surface area contributed by atoms with E-state index >= 15 is 0 Å². The van der Waals surface area contributed by atoms with Crippen LogP contribution in [0.15, 0.2) is 18.3 Å². The number of aliphatic hydroxyl groups is 1. The SMILES string of the molecule is CC(=O)NC1CCN(c2ccc(C(C)O)nc2)C1. The molecule has 98 valence electrons. The number of amides is 1. The van der Waals surface area contributed by atoms with Crippen LogP contribution in [0.2, 0.25) is 0 Å². The van der Waals surface area contributed by atoms with Gasteiger partial charge in [0, 0.05) is 26.1 Å². The van der Waals surface area contributed by atoms with E-state index in [2.05, 4.69) is 15.2 Å². The first-order chi connectivity index (χ1) is 8.56. The molecule has 2 rings (SSSR count). The van der Waals surface area contributed by atoms with Gasteiger partial charge in [0.2, 0.25) is 5.91 Å². The molecular formula is C13H19N3O2. The molecule has 1 aromatic rings. The molecule has 0 aromatic carbocycles. The van der Waals surface area contributed by atoms with E-state index in [1.807, 2.05) is 12.1 Å². The summed E-state index contributed by atoms with van der Waals surface area (Å²) in [7, 11) is 0. The summed E-state index contributed by atoms with van der Waals surface area (Å²) >= 11 is 0. The Labute approximate surface area is 107 Å². The Morgan fingerprint density at radius 1 is 1.61 bits per heavy atom. The van der Waals surface area contributed by atoms with Crippen molar-refractivity contribution >= 4 is 11.6 Å². The largest absolute Gasteiger partial charge is 0.387 e. The summed E-state index contributed by atoms with van der Waals surface area (Å²) in [5.74, 6) is 0.0180. The van der Waals surface area contributed by atoms with Crippen LogP contribution in [-0.4, -0.2) is 35.1 Å². The number of rotatable bonds is 3. The van der Waals surface area contributed by atoms with E-state index in [0.29, 0.717) is 5.69 Å². The van der Waals surface area contributed by atoms with E-state index < -0.39 is 6.10 Å². The zero-order valence-electron chi connectivity index (χ0n) is 10.8. The first kappa shape index (κ1) is 12.8. The lowest BCUT2D eigenvalue weighted by Crippen LogP contribution is -2.35. The minimum Gasteiger partial charge on any atom is -0.387 e. The summed E-state index contributed by atoms with van der Waals surface area (Å²) in [4.78, 5) is 17.4. The third-order valence-corrected chi connectivity index (χ3v) is 3.16. The molecule has 2 N–H and O–H groups in total. The quantitative estimate of drug-likeness (QED) is 0.833. The lowest BCUT2D eigenvalue weighted by atomic mass is 10.2. The topological polar surface area (TPSA) is 65.5 Å². The van der Waals surface area contributed by atoms with Gasteiger partial charge in [0.1, 0.15) is 0 Å². The van der Waals surface area contributed by atoms with Crippen molar-refractivity contribution in [3.63, 3.8) is 0 Å². The van der Waals surface area contributed by atoms with Gasteiger partial charge in [-0.25, -0.2) is 0 Å². The van der Waals surface area contributed by atoms with Gasteiger partial charge in [-0.2, -0.15) is 0 Å². The second-order valence-electron chi connectivity index (χ2n) is 4.75. The zero-order valence-corrected chi connectivity index (χ0v) is 10.8. The first-order valence-corrected chi connectivity index (χ1v) is 6.22. The first-order valence-electron chi connectivity index (χ1n) is 6.22. The zero-order chi connectivity index (χ0) is 13.1. The molecule has 5 heteroatoms. The third-order valence-electron chi connectivity index (χ3n) is 3.16. The number of carbonyl (C=O) groups is 1. The minimum absolute atomic E-state index is 0.0180. The molecule has 0 spiro atoms. The number of aliphatic hydroxyl groups excluding tert-OH is 1. The van der Waals surface area contributed by atoms with Crippen molar-refractivity contribution in [3.8, 4) is 0 Å². The fourth-order valence-corrected chi connectivity index (χ4v) is 2.23. The highest BCUT2D eigenvalue weighted by molar-refractivity contribution is 5.73. The number of nitrogens with one attached hydrogen (secondary N) is 1. The van der Waals surface area contributed by atoms with Gasteiger partial charge in [0.15, 0.2) is 0 Å². The number of anilines is 1. The summed E-state index contributed by atoms with van der Waals surface area (Å²) in [5.41, 5.74) is 1.71. The van der Waals surface area contributed by atoms with Gasteiger partial charge in [-0.05, 0) is 25.5 Å². The molecule has 2 unspecified atom stereocenters. The lowest BCUT2D eigenvalue weighted by Gasteiger charge is -2.19. The Bertz CT molecular complexity index is 417. The second-order valence-corrected chi connectivity index (χ2v) is 4.75. The predicted octanol–water partition coefficient (Wildman–Crippen LogP) is 0.850. The molecule has 5 nitrogen and oxygen atoms in total. The monoisotopic (exact) mass is 249 g/mol. The van der Waals surface area contributed by atoms with Crippen LogP contribution in [0, 0.1) is 0 Å². The molecule has 0 bridgehead atoms. The number of hydrogen-bond acceptors (Lipinski definition) is 4. The number of carbonyl (C=O) groups excluding carboxylic acids is 1. The van der Waals surface area contributed by atoms with Gasteiger partial charge < -0.3 is 15.3 Å². The fourth-order valence-electron chi connectivity index (χ4n) is 2.23. The molecule has 0 aliphatic carbocycles. The van der Waals surface area contributed by atoms with Crippen molar-refractivity contribution in [3.05, 3.63) is 24.0 Å². The van der Waals surface area contributed by atoms with Crippen LogP contribution >= 0.6 is 0 Å². The predicted molar refractivity (Wildman–Crippen MR) is 69.3 cm³/mol. The highest BCUT2D eigenvalue weighted by Crippen LogP contribution is 2.21. The summed E-state index contributed by atoms with van der Waals surface area (Å²) in [6.45, 7) is 4.97. The van der Waals surface area contributed by atoms with Crippen LogP contribution in [0.3, 0.4) is 0 Å². The van der Waals surface area contributed by atoms with Gasteiger partial charge in [-0.3, -0.25) is 9.78 Å². The molecular weight excluding hydrogens is 230 g/mol. The van der Waals surface area contributed by atoms with Gasteiger partial charge in [0.25, 0.3) is 0 Å². The Kier molecular flexibility index (Phi) is 3.81. The standard InChI is InChI=1S/C13H19N3O2/c1-9(17)13-4-3-12(7-14-13)16-6-5-11(8-16)15-10(2)18/h3-4,7,9,11,17H,5-6,8H2,1-2H3,(H,15,18). The van der Waals surface area contributed by atoms with Crippen molar-refractivity contribution in [2.45, 2.75) is 32.4 Å². The van der Waals surface area contributed by atoms with Crippen LogP contribution in [0.4, 0.5) is 5.69 Å². The molecule has 1 aliphatic rings. The van der Waals surface area contributed by atoms with Crippen molar-refractivity contribution in [1.29, 1.82) is 0 Å². The van der Waals surface area contributed by atoms with Crippen LogP contribution in [-0.2, 0) is 4.79 Å². The molecule has 2 heterocycles. The van der Waals surface area contributed by atoms with Gasteiger partial charge in [-0.1, -0.05) is 0 Å². The Morgan fingerprint density at radius 3 is 2.94 bits per heavy atom. The summed E-state index contributed by atoms with van der Waals surface area (Å²) in [6.07, 6.45) is 2.19. The lowest BCUT2D eigenvalue weighted by molar-refractivity contribution is -0.119. The smallest absolute Gasteiger partial charge is 0.217 e. The van der Waals surface area contributed by atoms with E-state index in [1.165, 1.54) is 0 Å². The maximum Gasteiger partial charge on any atom is 0.217 e. The Balaban J connectivity index is 1.98. The van der Waals surface area contributed by atoms with Crippen LogP contribution < -0.4 is 10.2 Å². The summed E-state index contributed by atoms with van der Waals surface area (Å²) in [5, 5.41) is 12.3.